The molecule has 3 nitrogen and oxygen atoms in total. The van der Waals surface area contributed by atoms with Gasteiger partial charge in [0.05, 0.1) is 12.2 Å². The fourth-order valence-electron chi connectivity index (χ4n) is 3.46. The van der Waals surface area contributed by atoms with Crippen LogP contribution in [0.25, 0.3) is 0 Å². The van der Waals surface area contributed by atoms with Crippen LogP contribution in [0.1, 0.15) is 65.7 Å². The van der Waals surface area contributed by atoms with Gasteiger partial charge in [-0.05, 0) is 45.0 Å². The van der Waals surface area contributed by atoms with E-state index in [1.54, 1.807) is 6.08 Å². The Morgan fingerprint density at radius 1 is 0.923 bits per heavy atom. The molecule has 1 aliphatic rings. The Labute approximate surface area is 160 Å². The van der Waals surface area contributed by atoms with Gasteiger partial charge in [-0.1, -0.05) is 56.6 Å². The Hall–Kier alpha value is -1.26. The predicted molar refractivity (Wildman–Crippen MR) is 108 cm³/mol. The van der Waals surface area contributed by atoms with Crippen LogP contribution >= 0.6 is 0 Å². The summed E-state index contributed by atoms with van der Waals surface area (Å²) in [5, 5.41) is 0. The Kier molecular flexibility index (Phi) is 13.0. The second-order valence-electron chi connectivity index (χ2n) is 6.61. The molecule has 0 amide bonds. The summed E-state index contributed by atoms with van der Waals surface area (Å²) in [5.74, 6) is 12.7. The van der Waals surface area contributed by atoms with E-state index in [9.17, 15) is 0 Å². The molecule has 0 aliphatic heterocycles. The first-order valence-corrected chi connectivity index (χ1v) is 10.2. The molecule has 0 heterocycles. The van der Waals surface area contributed by atoms with Crippen molar-refractivity contribution in [2.75, 3.05) is 19.8 Å². The van der Waals surface area contributed by atoms with Gasteiger partial charge in [0, 0.05) is 26.2 Å². The van der Waals surface area contributed by atoms with Crippen molar-refractivity contribution in [1.82, 2.24) is 0 Å². The molecule has 0 unspecified atom stereocenters. The highest BCUT2D eigenvalue weighted by Crippen LogP contribution is 2.29. The van der Waals surface area contributed by atoms with Crippen molar-refractivity contribution >= 4 is 0 Å². The molecule has 1 fully saturated rings. The van der Waals surface area contributed by atoms with Crippen molar-refractivity contribution < 1.29 is 14.2 Å². The van der Waals surface area contributed by atoms with Gasteiger partial charge in [-0.15, -0.1) is 0 Å². The smallest absolute Gasteiger partial charge is 0.137 e. The Bertz CT molecular complexity index is 485. The molecule has 3 atom stereocenters. The lowest BCUT2D eigenvalue weighted by molar-refractivity contribution is -0.0752. The van der Waals surface area contributed by atoms with E-state index in [-0.39, 0.29) is 18.3 Å². The van der Waals surface area contributed by atoms with Crippen LogP contribution in [0.3, 0.4) is 0 Å². The first kappa shape index (κ1) is 22.8. The first-order valence-electron chi connectivity index (χ1n) is 10.2. The maximum atomic E-state index is 6.04. The van der Waals surface area contributed by atoms with Gasteiger partial charge in [0.1, 0.15) is 6.10 Å². The minimum atomic E-state index is -0.250. The molecule has 26 heavy (non-hydrogen) atoms. The highest BCUT2D eigenvalue weighted by atomic mass is 16.5. The third-order valence-electron chi connectivity index (χ3n) is 4.70. The van der Waals surface area contributed by atoms with Gasteiger partial charge in [-0.2, -0.15) is 0 Å². The number of hydrogen-bond acceptors (Lipinski definition) is 3. The molecule has 1 saturated carbocycles. The van der Waals surface area contributed by atoms with Gasteiger partial charge in [0.25, 0.3) is 0 Å². The number of hydrogen-bond donors (Lipinski definition) is 0. The summed E-state index contributed by atoms with van der Waals surface area (Å²) in [4.78, 5) is 0. The summed E-state index contributed by atoms with van der Waals surface area (Å²) in [6.07, 6.45) is 10.0. The van der Waals surface area contributed by atoms with Crippen molar-refractivity contribution in [1.29, 1.82) is 0 Å². The molecule has 0 aromatic carbocycles. The first-order chi connectivity index (χ1) is 12.7. The largest absolute Gasteiger partial charge is 0.376 e. The van der Waals surface area contributed by atoms with Crippen LogP contribution in [-0.4, -0.2) is 38.1 Å². The molecule has 1 aliphatic carbocycles. The van der Waals surface area contributed by atoms with Crippen molar-refractivity contribution in [3.05, 3.63) is 12.7 Å². The van der Waals surface area contributed by atoms with Crippen molar-refractivity contribution in [3.63, 3.8) is 0 Å². The summed E-state index contributed by atoms with van der Waals surface area (Å²) in [6.45, 7) is 11.7. The monoisotopic (exact) mass is 360 g/mol. The zero-order valence-corrected chi connectivity index (χ0v) is 16.9. The normalized spacial score (nSPS) is 18.0. The zero-order valence-electron chi connectivity index (χ0n) is 16.9. The molecule has 146 valence electrons. The topological polar surface area (TPSA) is 27.7 Å². The molecular formula is C23H36O3. The predicted octanol–water partition coefficient (Wildman–Crippen LogP) is 4.76. The van der Waals surface area contributed by atoms with Crippen LogP contribution in [0, 0.1) is 29.6 Å². The van der Waals surface area contributed by atoms with Crippen molar-refractivity contribution in [2.45, 2.75) is 84.0 Å². The quantitative estimate of drug-likeness (QED) is 0.393. The van der Waals surface area contributed by atoms with E-state index < -0.39 is 0 Å². The van der Waals surface area contributed by atoms with Gasteiger partial charge in [-0.25, -0.2) is 0 Å². The van der Waals surface area contributed by atoms with Crippen molar-refractivity contribution in [3.8, 4) is 23.7 Å². The van der Waals surface area contributed by atoms with E-state index in [0.717, 1.165) is 12.3 Å². The van der Waals surface area contributed by atoms with Crippen LogP contribution in [0.4, 0.5) is 0 Å². The molecule has 0 aromatic heterocycles. The second kappa shape index (κ2) is 14.9. The molecule has 0 bridgehead atoms. The van der Waals surface area contributed by atoms with Crippen LogP contribution < -0.4 is 0 Å². The Morgan fingerprint density at radius 2 is 1.58 bits per heavy atom. The maximum absolute atomic E-state index is 6.04. The summed E-state index contributed by atoms with van der Waals surface area (Å²) < 4.78 is 17.4. The highest BCUT2D eigenvalue weighted by molar-refractivity contribution is 5.29. The second-order valence-corrected chi connectivity index (χ2v) is 6.61. The van der Waals surface area contributed by atoms with E-state index in [1.165, 1.54) is 32.1 Å². The van der Waals surface area contributed by atoms with Crippen molar-refractivity contribution in [2.24, 2.45) is 5.92 Å². The summed E-state index contributed by atoms with van der Waals surface area (Å²) in [7, 11) is 0. The molecule has 0 saturated heterocycles. The summed E-state index contributed by atoms with van der Waals surface area (Å²) >= 11 is 0. The lowest BCUT2D eigenvalue weighted by Crippen LogP contribution is -2.34. The number of rotatable bonds is 11. The minimum absolute atomic E-state index is 0.0123. The van der Waals surface area contributed by atoms with Crippen LogP contribution in [0.15, 0.2) is 12.7 Å². The molecule has 0 radical (unpaired) electrons. The van der Waals surface area contributed by atoms with Gasteiger partial charge in [-0.3, -0.25) is 0 Å². The SMILES string of the molecule is C=C[C@@H](C#CC#CC[C@@H](OCC)[C@@H](CC1CCCCC1)OCC)OCC. The van der Waals surface area contributed by atoms with Gasteiger partial charge >= 0.3 is 0 Å². The molecule has 1 rings (SSSR count). The van der Waals surface area contributed by atoms with Crippen LogP contribution in [0.2, 0.25) is 0 Å². The fraction of sp³-hybridized carbons (Fsp3) is 0.739. The average molecular weight is 361 g/mol. The Morgan fingerprint density at radius 3 is 2.19 bits per heavy atom. The van der Waals surface area contributed by atoms with Gasteiger partial charge < -0.3 is 14.2 Å². The van der Waals surface area contributed by atoms with Crippen LogP contribution in [0.5, 0.6) is 0 Å². The highest BCUT2D eigenvalue weighted by Gasteiger charge is 2.26. The molecule has 3 heteroatoms. The van der Waals surface area contributed by atoms with E-state index >= 15 is 0 Å². The maximum Gasteiger partial charge on any atom is 0.137 e. The third kappa shape index (κ3) is 9.44. The van der Waals surface area contributed by atoms with Crippen LogP contribution in [-0.2, 0) is 14.2 Å². The van der Waals surface area contributed by atoms with E-state index in [4.69, 9.17) is 14.2 Å². The lowest BCUT2D eigenvalue weighted by Gasteiger charge is -2.30. The third-order valence-corrected chi connectivity index (χ3v) is 4.70. The Balaban J connectivity index is 2.64. The summed E-state index contributed by atoms with van der Waals surface area (Å²) in [5.41, 5.74) is 0. The molecule has 0 spiro atoms. The van der Waals surface area contributed by atoms with E-state index in [1.807, 2.05) is 13.8 Å². The molecule has 0 N–H and O–H groups in total. The minimum Gasteiger partial charge on any atom is -0.376 e. The molecular weight excluding hydrogens is 324 g/mol. The average Bonchev–Trinajstić information content (AvgIpc) is 2.66. The van der Waals surface area contributed by atoms with Gasteiger partial charge in [0.15, 0.2) is 0 Å². The van der Waals surface area contributed by atoms with Gasteiger partial charge in [0.2, 0.25) is 0 Å². The van der Waals surface area contributed by atoms with E-state index in [2.05, 4.69) is 37.2 Å². The standard InChI is InChI=1S/C23H36O3/c1-5-21(24-6-2)17-13-10-14-18-22(25-7-3)23(26-8-4)19-20-15-11-9-12-16-20/h5,20-23H,1,6-9,11-12,15-16,18-19H2,2-4H3/t21-,22+,23+/m0/s1. The fourth-order valence-corrected chi connectivity index (χ4v) is 3.46. The number of ether oxygens (including phenoxy) is 3. The van der Waals surface area contributed by atoms with E-state index in [0.29, 0.717) is 26.2 Å². The zero-order chi connectivity index (χ0) is 19.0. The lowest BCUT2D eigenvalue weighted by atomic mass is 9.84. The summed E-state index contributed by atoms with van der Waals surface area (Å²) in [6, 6.07) is 0. The molecule has 0 aromatic rings.